The number of hydrogen-bond donors (Lipinski definition) is 0. The van der Waals surface area contributed by atoms with Crippen molar-refractivity contribution >= 4 is 12.3 Å². The monoisotopic (exact) mass is 223 g/mol. The molecule has 0 spiro atoms. The van der Waals surface area contributed by atoms with Crippen molar-refractivity contribution in [3.8, 4) is 12.3 Å². The Labute approximate surface area is 104 Å². The molecule has 1 atom stereocenters. The van der Waals surface area contributed by atoms with Gasteiger partial charge in [0.25, 0.3) is 0 Å². The van der Waals surface area contributed by atoms with E-state index < -0.39 is 0 Å². The third-order valence-electron chi connectivity index (χ3n) is 2.40. The number of aryl methyl sites for hydroxylation is 1. The fraction of sp³-hybridized carbons (Fsp3) is 0.188. The molecule has 0 N–H and O–H groups in total. The van der Waals surface area contributed by atoms with E-state index in [1.807, 2.05) is 31.4 Å². The third-order valence-corrected chi connectivity index (χ3v) is 2.40. The number of hydrogen-bond acceptors (Lipinski definition) is 1. The van der Waals surface area contributed by atoms with Gasteiger partial charge in [0.05, 0.1) is 0 Å². The van der Waals surface area contributed by atoms with E-state index in [0.29, 0.717) is 0 Å². The second-order valence-corrected chi connectivity index (χ2v) is 3.83. The molecule has 0 heterocycles. The minimum Gasteiger partial charge on any atom is -0.277 e. The Bertz CT molecular complexity index is 487. The van der Waals surface area contributed by atoms with Gasteiger partial charge >= 0.3 is 0 Å². The zero-order valence-corrected chi connectivity index (χ0v) is 10.4. The summed E-state index contributed by atoms with van der Waals surface area (Å²) in [4.78, 5) is 4.26. The van der Waals surface area contributed by atoms with Gasteiger partial charge in [0.2, 0.25) is 0 Å². The highest BCUT2D eigenvalue weighted by Gasteiger charge is 1.96. The lowest BCUT2D eigenvalue weighted by Gasteiger charge is -2.02. The Kier molecular flexibility index (Phi) is 4.97. The summed E-state index contributed by atoms with van der Waals surface area (Å²) in [6.45, 7) is 7.63. The van der Waals surface area contributed by atoms with Gasteiger partial charge in [0.15, 0.2) is 0 Å². The van der Waals surface area contributed by atoms with Crippen LogP contribution in [-0.2, 0) is 0 Å². The molecule has 0 saturated heterocycles. The Morgan fingerprint density at radius 3 is 2.88 bits per heavy atom. The molecule has 0 bridgehead atoms. The number of terminal acetylenes is 1. The van der Waals surface area contributed by atoms with Gasteiger partial charge in [-0.3, -0.25) is 4.99 Å². The second-order valence-electron chi connectivity index (χ2n) is 3.83. The van der Waals surface area contributed by atoms with E-state index in [0.717, 1.165) is 5.56 Å². The van der Waals surface area contributed by atoms with Crippen LogP contribution in [0.4, 0.5) is 0 Å². The number of allylic oxidation sites excluding steroid dienone is 2. The summed E-state index contributed by atoms with van der Waals surface area (Å²) in [5.41, 5.74) is 3.45. The van der Waals surface area contributed by atoms with E-state index in [2.05, 4.69) is 36.5 Å². The maximum Gasteiger partial charge on any atom is 0.107 e. The predicted octanol–water partition coefficient (Wildman–Crippen LogP) is 3.63. The maximum atomic E-state index is 5.27. The summed E-state index contributed by atoms with van der Waals surface area (Å²) < 4.78 is 0. The molecule has 0 radical (unpaired) electrons. The molecule has 0 amide bonds. The van der Waals surface area contributed by atoms with Crippen molar-refractivity contribution in [1.29, 1.82) is 0 Å². The van der Waals surface area contributed by atoms with Crippen LogP contribution in [0.15, 0.2) is 41.9 Å². The molecule has 0 aliphatic heterocycles. The average molecular weight is 223 g/mol. The van der Waals surface area contributed by atoms with Crippen LogP contribution in [0.2, 0.25) is 0 Å². The summed E-state index contributed by atoms with van der Waals surface area (Å²) in [7, 11) is 0. The highest BCUT2D eigenvalue weighted by Crippen LogP contribution is 2.12. The van der Waals surface area contributed by atoms with Crippen molar-refractivity contribution in [1.82, 2.24) is 0 Å². The van der Waals surface area contributed by atoms with Crippen LogP contribution in [0, 0.1) is 19.3 Å². The molecule has 1 unspecified atom stereocenters. The van der Waals surface area contributed by atoms with Gasteiger partial charge in [-0.05, 0) is 36.6 Å². The molecule has 1 nitrogen and oxygen atoms in total. The molecule has 1 aromatic carbocycles. The van der Waals surface area contributed by atoms with Gasteiger partial charge in [0, 0.05) is 6.21 Å². The quantitative estimate of drug-likeness (QED) is 0.420. The van der Waals surface area contributed by atoms with Gasteiger partial charge in [-0.1, -0.05) is 42.9 Å². The lowest BCUT2D eigenvalue weighted by molar-refractivity contribution is 0.967. The molecule has 1 aromatic rings. The standard InChI is InChI=1S/C16H17N/c1-5-7-8-16-11-15(10-9-13(16)3)12-17-14(4)6-2/h2,5,7-12,14H,1H2,3-4H3/b8-7-,17-12?. The zero-order valence-electron chi connectivity index (χ0n) is 10.4. The Hall–Kier alpha value is -2.07. The van der Waals surface area contributed by atoms with Crippen molar-refractivity contribution in [3.05, 3.63) is 53.6 Å². The van der Waals surface area contributed by atoms with Crippen molar-refractivity contribution in [3.63, 3.8) is 0 Å². The Balaban J connectivity index is 2.97. The van der Waals surface area contributed by atoms with Gasteiger partial charge in [0.1, 0.15) is 6.04 Å². The molecule has 1 heteroatoms. The van der Waals surface area contributed by atoms with Crippen LogP contribution in [0.5, 0.6) is 0 Å². The molecule has 0 aliphatic rings. The molecule has 1 rings (SSSR count). The van der Waals surface area contributed by atoms with E-state index in [1.54, 1.807) is 6.08 Å². The largest absolute Gasteiger partial charge is 0.277 e. The van der Waals surface area contributed by atoms with E-state index in [9.17, 15) is 0 Å². The molecule has 86 valence electrons. The van der Waals surface area contributed by atoms with Gasteiger partial charge in [-0.2, -0.15) is 0 Å². The number of benzene rings is 1. The third kappa shape index (κ3) is 4.12. The van der Waals surface area contributed by atoms with Gasteiger partial charge < -0.3 is 0 Å². The van der Waals surface area contributed by atoms with Crippen LogP contribution in [0.3, 0.4) is 0 Å². The molecular weight excluding hydrogens is 206 g/mol. The Morgan fingerprint density at radius 2 is 2.24 bits per heavy atom. The van der Waals surface area contributed by atoms with Gasteiger partial charge in [-0.15, -0.1) is 6.42 Å². The molecule has 0 saturated carbocycles. The first-order valence-electron chi connectivity index (χ1n) is 5.56. The summed E-state index contributed by atoms with van der Waals surface area (Å²) >= 11 is 0. The van der Waals surface area contributed by atoms with Crippen LogP contribution in [0.1, 0.15) is 23.6 Å². The fourth-order valence-corrected chi connectivity index (χ4v) is 1.33. The van der Waals surface area contributed by atoms with Crippen LogP contribution < -0.4 is 0 Å². The average Bonchev–Trinajstić information content (AvgIpc) is 2.35. The maximum absolute atomic E-state index is 5.27. The number of rotatable bonds is 4. The highest BCUT2D eigenvalue weighted by atomic mass is 14.7. The zero-order chi connectivity index (χ0) is 12.7. The lowest BCUT2D eigenvalue weighted by atomic mass is 10.0. The second kappa shape index (κ2) is 6.50. The summed E-state index contributed by atoms with van der Waals surface area (Å²) in [5, 5.41) is 0. The highest BCUT2D eigenvalue weighted by molar-refractivity contribution is 5.81. The molecule has 0 fully saturated rings. The Morgan fingerprint density at radius 1 is 1.47 bits per heavy atom. The first-order chi connectivity index (χ1) is 8.17. The fourth-order valence-electron chi connectivity index (χ4n) is 1.33. The molecule has 0 aromatic heterocycles. The van der Waals surface area contributed by atoms with E-state index in [-0.39, 0.29) is 6.04 Å². The van der Waals surface area contributed by atoms with Crippen LogP contribution in [-0.4, -0.2) is 12.3 Å². The van der Waals surface area contributed by atoms with Crippen molar-refractivity contribution in [2.45, 2.75) is 19.9 Å². The molecular formula is C16H17N. The lowest BCUT2D eigenvalue weighted by Crippen LogP contribution is -1.94. The van der Waals surface area contributed by atoms with Gasteiger partial charge in [-0.25, -0.2) is 0 Å². The molecule has 0 aliphatic carbocycles. The number of nitrogens with zero attached hydrogens (tertiary/aromatic N) is 1. The molecule has 17 heavy (non-hydrogen) atoms. The predicted molar refractivity (Wildman–Crippen MR) is 76.3 cm³/mol. The van der Waals surface area contributed by atoms with E-state index in [4.69, 9.17) is 6.42 Å². The SMILES string of the molecule is C#CC(C)N=Cc1ccc(C)c(/C=C\C=C)c1. The van der Waals surface area contributed by atoms with Crippen molar-refractivity contribution in [2.75, 3.05) is 0 Å². The smallest absolute Gasteiger partial charge is 0.107 e. The minimum atomic E-state index is -0.0801. The van der Waals surface area contributed by atoms with Crippen LogP contribution in [0.25, 0.3) is 6.08 Å². The topological polar surface area (TPSA) is 12.4 Å². The summed E-state index contributed by atoms with van der Waals surface area (Å²) in [6.07, 6.45) is 12.8. The van der Waals surface area contributed by atoms with E-state index >= 15 is 0 Å². The summed E-state index contributed by atoms with van der Waals surface area (Å²) in [5.74, 6) is 2.57. The minimum absolute atomic E-state index is 0.0801. The van der Waals surface area contributed by atoms with Crippen molar-refractivity contribution in [2.24, 2.45) is 4.99 Å². The first-order valence-corrected chi connectivity index (χ1v) is 5.56. The normalized spacial score (nSPS) is 12.8. The number of aliphatic imine (C=N–C) groups is 1. The van der Waals surface area contributed by atoms with E-state index in [1.165, 1.54) is 11.1 Å². The van der Waals surface area contributed by atoms with Crippen molar-refractivity contribution < 1.29 is 0 Å². The van der Waals surface area contributed by atoms with Crippen LogP contribution >= 0.6 is 0 Å². The first kappa shape index (κ1) is 13.0. The summed E-state index contributed by atoms with van der Waals surface area (Å²) in [6, 6.07) is 6.11.